The van der Waals surface area contributed by atoms with Gasteiger partial charge >= 0.3 is 0 Å². The maximum absolute atomic E-state index is 11.9. The number of aliphatic carboxylic acids is 1. The van der Waals surface area contributed by atoms with E-state index in [2.05, 4.69) is 50.9 Å². The highest BCUT2D eigenvalue weighted by Gasteiger charge is 2.16. The summed E-state index contributed by atoms with van der Waals surface area (Å²) < 4.78 is 7.51. The third-order valence-corrected chi connectivity index (χ3v) is 5.29. The number of ketones is 1. The summed E-state index contributed by atoms with van der Waals surface area (Å²) in [4.78, 5) is 22.8. The number of benzene rings is 2. The molecule has 6 nitrogen and oxygen atoms in total. The van der Waals surface area contributed by atoms with E-state index in [9.17, 15) is 19.8 Å². The SMILES string of the molecule is CCC(=O)c1cc(Oc2c(I)cc(CC([NH3+])C(=O)[O-])cc2I)ccc1O. The van der Waals surface area contributed by atoms with Gasteiger partial charge in [-0.2, -0.15) is 0 Å². The predicted octanol–water partition coefficient (Wildman–Crippen LogP) is 1.89. The van der Waals surface area contributed by atoms with Crippen molar-refractivity contribution in [1.29, 1.82) is 0 Å². The first-order valence-electron chi connectivity index (χ1n) is 7.78. The topological polar surface area (TPSA) is 114 Å². The zero-order valence-electron chi connectivity index (χ0n) is 13.9. The molecule has 0 aliphatic rings. The third-order valence-electron chi connectivity index (χ3n) is 3.68. The zero-order valence-corrected chi connectivity index (χ0v) is 18.2. The minimum Gasteiger partial charge on any atom is -0.544 e. The number of carboxylic acids is 1. The van der Waals surface area contributed by atoms with Crippen LogP contribution in [0.25, 0.3) is 0 Å². The van der Waals surface area contributed by atoms with Gasteiger partial charge in [-0.1, -0.05) is 6.92 Å². The minimum absolute atomic E-state index is 0.0762. The average Bonchev–Trinajstić information content (AvgIpc) is 2.58. The molecule has 0 amide bonds. The second-order valence-corrected chi connectivity index (χ2v) is 7.99. The Balaban J connectivity index is 2.30. The van der Waals surface area contributed by atoms with Crippen molar-refractivity contribution in [2.75, 3.05) is 0 Å². The van der Waals surface area contributed by atoms with Crippen LogP contribution < -0.4 is 15.6 Å². The molecule has 2 aromatic rings. The summed E-state index contributed by atoms with van der Waals surface area (Å²) in [7, 11) is 0. The fourth-order valence-electron chi connectivity index (χ4n) is 2.31. The van der Waals surface area contributed by atoms with Crippen LogP contribution in [0.15, 0.2) is 30.3 Å². The smallest absolute Gasteiger partial charge is 0.166 e. The number of hydrogen-bond donors (Lipinski definition) is 2. The molecule has 0 aliphatic heterocycles. The third kappa shape index (κ3) is 5.07. The van der Waals surface area contributed by atoms with Crippen LogP contribution in [0.5, 0.6) is 17.2 Å². The fraction of sp³-hybridized carbons (Fsp3) is 0.222. The van der Waals surface area contributed by atoms with Crippen molar-refractivity contribution in [3.05, 3.63) is 48.6 Å². The maximum Gasteiger partial charge on any atom is 0.166 e. The van der Waals surface area contributed by atoms with Gasteiger partial charge in [0.05, 0.1) is 18.7 Å². The molecule has 1 unspecified atom stereocenters. The van der Waals surface area contributed by atoms with E-state index in [1.807, 2.05) is 12.1 Å². The number of halogens is 2. The molecule has 138 valence electrons. The van der Waals surface area contributed by atoms with Crippen molar-refractivity contribution < 1.29 is 30.3 Å². The average molecular weight is 581 g/mol. The first-order valence-corrected chi connectivity index (χ1v) is 9.94. The monoisotopic (exact) mass is 581 g/mol. The molecule has 0 aliphatic carbocycles. The number of rotatable bonds is 7. The van der Waals surface area contributed by atoms with Gasteiger partial charge in [0.25, 0.3) is 0 Å². The normalized spacial score (nSPS) is 11.8. The number of carbonyl (C=O) groups excluding carboxylic acids is 2. The van der Waals surface area contributed by atoms with Crippen LogP contribution in [0.1, 0.15) is 29.3 Å². The molecule has 0 fully saturated rings. The van der Waals surface area contributed by atoms with Crippen LogP contribution in [-0.2, 0) is 11.2 Å². The number of Topliss-reactive ketones (excluding diaryl/α,β-unsaturated/α-hetero) is 1. The highest BCUT2D eigenvalue weighted by atomic mass is 127. The largest absolute Gasteiger partial charge is 0.544 e. The van der Waals surface area contributed by atoms with Crippen LogP contribution in [0, 0.1) is 7.14 Å². The van der Waals surface area contributed by atoms with E-state index in [0.717, 1.165) is 12.7 Å². The van der Waals surface area contributed by atoms with Gasteiger partial charge in [0, 0.05) is 12.8 Å². The van der Waals surface area contributed by atoms with E-state index in [4.69, 9.17) is 4.74 Å². The molecule has 8 heteroatoms. The van der Waals surface area contributed by atoms with Crippen molar-refractivity contribution in [2.45, 2.75) is 25.8 Å². The predicted molar refractivity (Wildman–Crippen MR) is 110 cm³/mol. The molecule has 0 radical (unpaired) electrons. The van der Waals surface area contributed by atoms with Crippen molar-refractivity contribution in [2.24, 2.45) is 0 Å². The Morgan fingerprint density at radius 2 is 1.85 bits per heavy atom. The van der Waals surface area contributed by atoms with E-state index in [0.29, 0.717) is 11.5 Å². The summed E-state index contributed by atoms with van der Waals surface area (Å²) in [5.41, 5.74) is 4.62. The summed E-state index contributed by atoms with van der Waals surface area (Å²) in [6.07, 6.45) is 0.550. The van der Waals surface area contributed by atoms with Gasteiger partial charge in [0.15, 0.2) is 11.5 Å². The van der Waals surface area contributed by atoms with Crippen LogP contribution >= 0.6 is 45.2 Å². The van der Waals surface area contributed by atoms with Crippen LogP contribution in [0.3, 0.4) is 0 Å². The Morgan fingerprint density at radius 3 is 2.38 bits per heavy atom. The first kappa shape index (κ1) is 20.9. The summed E-state index contributed by atoms with van der Waals surface area (Å²) >= 11 is 4.22. The summed E-state index contributed by atoms with van der Waals surface area (Å²) in [5.74, 6) is -0.394. The van der Waals surface area contributed by atoms with E-state index >= 15 is 0 Å². The van der Waals surface area contributed by atoms with Gasteiger partial charge in [-0.25, -0.2) is 0 Å². The Kier molecular flexibility index (Phi) is 7.24. The summed E-state index contributed by atoms with van der Waals surface area (Å²) in [6, 6.07) is 7.37. The molecular formula is C18H17I2NO5. The molecular weight excluding hydrogens is 564 g/mol. The van der Waals surface area contributed by atoms with Crippen LogP contribution in [-0.4, -0.2) is 22.9 Å². The molecule has 1 atom stereocenters. The molecule has 0 aromatic heterocycles. The fourth-order valence-corrected chi connectivity index (χ4v) is 4.42. The summed E-state index contributed by atoms with van der Waals surface area (Å²) in [6.45, 7) is 1.72. The lowest BCUT2D eigenvalue weighted by molar-refractivity contribution is -0.437. The number of carboxylic acid groups (broad SMARTS) is 1. The highest BCUT2D eigenvalue weighted by Crippen LogP contribution is 2.34. The Labute approximate surface area is 178 Å². The molecule has 0 bridgehead atoms. The first-order chi connectivity index (χ1) is 12.2. The van der Waals surface area contributed by atoms with Crippen molar-refractivity contribution in [1.82, 2.24) is 0 Å². The lowest BCUT2D eigenvalue weighted by Gasteiger charge is -2.14. The van der Waals surface area contributed by atoms with Gasteiger partial charge in [-0.05, 0) is 81.1 Å². The molecule has 2 aromatic carbocycles. The number of phenolic OH excluding ortho intramolecular Hbond substituents is 1. The molecule has 0 spiro atoms. The van der Waals surface area contributed by atoms with Crippen LogP contribution in [0.4, 0.5) is 0 Å². The Bertz CT molecular complexity index is 830. The highest BCUT2D eigenvalue weighted by molar-refractivity contribution is 14.1. The zero-order chi connectivity index (χ0) is 19.4. The Morgan fingerprint density at radius 1 is 1.23 bits per heavy atom. The molecule has 2 rings (SSSR count). The number of quaternary nitrogens is 1. The molecule has 0 saturated heterocycles. The number of hydrogen-bond acceptors (Lipinski definition) is 5. The maximum atomic E-state index is 11.9. The van der Waals surface area contributed by atoms with E-state index in [-0.39, 0.29) is 29.9 Å². The Hall–Kier alpha value is -1.40. The van der Waals surface area contributed by atoms with Gasteiger partial charge in [0.2, 0.25) is 0 Å². The second kappa shape index (κ2) is 9.00. The molecule has 0 heterocycles. The molecule has 0 saturated carbocycles. The van der Waals surface area contributed by atoms with Gasteiger partial charge in [-0.15, -0.1) is 0 Å². The van der Waals surface area contributed by atoms with Gasteiger partial charge in [0.1, 0.15) is 17.5 Å². The second-order valence-electron chi connectivity index (χ2n) is 5.67. The standard InChI is InChI=1S/C18H17I2NO5/c1-2-15(22)11-8-10(3-4-16(11)23)26-17-12(19)5-9(6-13(17)20)7-14(21)18(24)25/h3-6,8,14,23H,2,7,21H2,1H3,(H,24,25). The van der Waals surface area contributed by atoms with Crippen LogP contribution in [0.2, 0.25) is 0 Å². The van der Waals surface area contributed by atoms with E-state index < -0.39 is 12.0 Å². The van der Waals surface area contributed by atoms with E-state index in [1.165, 1.54) is 12.1 Å². The number of ether oxygens (including phenoxy) is 1. The lowest BCUT2D eigenvalue weighted by Crippen LogP contribution is -2.69. The summed E-state index contributed by atoms with van der Waals surface area (Å²) in [5, 5.41) is 20.7. The molecule has 4 N–H and O–H groups in total. The van der Waals surface area contributed by atoms with Gasteiger partial charge < -0.3 is 25.5 Å². The number of carbonyl (C=O) groups is 2. The van der Waals surface area contributed by atoms with Gasteiger partial charge in [-0.3, -0.25) is 4.79 Å². The quantitative estimate of drug-likeness (QED) is 0.383. The minimum atomic E-state index is -1.19. The van der Waals surface area contributed by atoms with E-state index in [1.54, 1.807) is 13.0 Å². The number of phenols is 1. The molecule has 26 heavy (non-hydrogen) atoms. The lowest BCUT2D eigenvalue weighted by atomic mass is 10.1. The number of aromatic hydroxyl groups is 1. The van der Waals surface area contributed by atoms with Crippen molar-refractivity contribution >= 4 is 56.9 Å². The van der Waals surface area contributed by atoms with Crippen molar-refractivity contribution in [3.63, 3.8) is 0 Å². The van der Waals surface area contributed by atoms with Crippen molar-refractivity contribution in [3.8, 4) is 17.2 Å².